The lowest BCUT2D eigenvalue weighted by atomic mass is 10.2. The standard InChI is InChI=1S/C13H24N4O2/c1-16-5-4-15-13(16)12-11-14-3-6-17(12)7-8-19-10-9-18-2/h4-5,12,14H,3,6-11H2,1-2H3. The molecule has 2 heterocycles. The van der Waals surface area contributed by atoms with Crippen LogP contribution in [0.4, 0.5) is 0 Å². The predicted molar refractivity (Wildman–Crippen MR) is 73.1 cm³/mol. The molecule has 6 heteroatoms. The number of nitrogens with one attached hydrogen (secondary N) is 1. The van der Waals surface area contributed by atoms with Gasteiger partial charge in [-0.15, -0.1) is 0 Å². The van der Waals surface area contributed by atoms with Gasteiger partial charge in [0, 0.05) is 52.7 Å². The monoisotopic (exact) mass is 268 g/mol. The smallest absolute Gasteiger partial charge is 0.127 e. The highest BCUT2D eigenvalue weighted by molar-refractivity contribution is 5.02. The van der Waals surface area contributed by atoms with Crippen LogP contribution in [0.3, 0.4) is 0 Å². The molecule has 1 aliphatic heterocycles. The van der Waals surface area contributed by atoms with Gasteiger partial charge in [0.05, 0.1) is 25.9 Å². The Kier molecular flexibility index (Phi) is 5.78. The highest BCUT2D eigenvalue weighted by Gasteiger charge is 2.26. The molecule has 1 fully saturated rings. The van der Waals surface area contributed by atoms with Crippen molar-refractivity contribution in [2.24, 2.45) is 7.05 Å². The lowest BCUT2D eigenvalue weighted by molar-refractivity contribution is 0.0433. The number of piperazine rings is 1. The second kappa shape index (κ2) is 7.59. The van der Waals surface area contributed by atoms with E-state index < -0.39 is 0 Å². The molecule has 1 saturated heterocycles. The second-order valence-corrected chi connectivity index (χ2v) is 4.76. The Hall–Kier alpha value is -0.950. The van der Waals surface area contributed by atoms with Crippen molar-refractivity contribution in [1.29, 1.82) is 0 Å². The Morgan fingerprint density at radius 2 is 2.32 bits per heavy atom. The van der Waals surface area contributed by atoms with Crippen molar-refractivity contribution in [2.45, 2.75) is 6.04 Å². The minimum Gasteiger partial charge on any atom is -0.382 e. The fourth-order valence-corrected chi connectivity index (χ4v) is 2.39. The third kappa shape index (κ3) is 4.01. The summed E-state index contributed by atoms with van der Waals surface area (Å²) < 4.78 is 12.6. The maximum Gasteiger partial charge on any atom is 0.127 e. The Morgan fingerprint density at radius 3 is 3.05 bits per heavy atom. The van der Waals surface area contributed by atoms with Gasteiger partial charge < -0.3 is 19.4 Å². The molecule has 1 aromatic heterocycles. The van der Waals surface area contributed by atoms with Crippen molar-refractivity contribution in [3.63, 3.8) is 0 Å². The predicted octanol–water partition coefficient (Wildman–Crippen LogP) is 0.0294. The Morgan fingerprint density at radius 1 is 1.42 bits per heavy atom. The summed E-state index contributed by atoms with van der Waals surface area (Å²) in [6.45, 7) is 6.00. The van der Waals surface area contributed by atoms with Crippen molar-refractivity contribution in [1.82, 2.24) is 19.8 Å². The third-order valence-electron chi connectivity index (χ3n) is 3.47. The van der Waals surface area contributed by atoms with Gasteiger partial charge in [0.1, 0.15) is 5.82 Å². The minimum absolute atomic E-state index is 0.333. The van der Waals surface area contributed by atoms with E-state index in [1.807, 2.05) is 19.4 Å². The van der Waals surface area contributed by atoms with E-state index in [2.05, 4.69) is 19.8 Å². The van der Waals surface area contributed by atoms with Crippen LogP contribution in [0.5, 0.6) is 0 Å². The fourth-order valence-electron chi connectivity index (χ4n) is 2.39. The van der Waals surface area contributed by atoms with Crippen LogP contribution in [0.1, 0.15) is 11.9 Å². The topological polar surface area (TPSA) is 51.6 Å². The molecule has 0 radical (unpaired) electrons. The van der Waals surface area contributed by atoms with Gasteiger partial charge in [0.25, 0.3) is 0 Å². The summed E-state index contributed by atoms with van der Waals surface area (Å²) in [5, 5.41) is 3.44. The van der Waals surface area contributed by atoms with Crippen LogP contribution >= 0.6 is 0 Å². The van der Waals surface area contributed by atoms with E-state index in [0.717, 1.165) is 38.6 Å². The van der Waals surface area contributed by atoms with E-state index in [0.29, 0.717) is 19.3 Å². The third-order valence-corrected chi connectivity index (χ3v) is 3.47. The fraction of sp³-hybridized carbons (Fsp3) is 0.769. The molecule has 1 aliphatic rings. The van der Waals surface area contributed by atoms with E-state index in [-0.39, 0.29) is 0 Å². The van der Waals surface area contributed by atoms with Crippen LogP contribution < -0.4 is 5.32 Å². The molecule has 0 saturated carbocycles. The van der Waals surface area contributed by atoms with E-state index in [1.165, 1.54) is 0 Å². The second-order valence-electron chi connectivity index (χ2n) is 4.76. The van der Waals surface area contributed by atoms with Crippen LogP contribution in [-0.4, -0.2) is 67.6 Å². The first-order valence-electron chi connectivity index (χ1n) is 6.81. The molecular weight excluding hydrogens is 244 g/mol. The number of ether oxygens (including phenoxy) is 2. The number of nitrogens with zero attached hydrogens (tertiary/aromatic N) is 3. The number of aromatic nitrogens is 2. The largest absolute Gasteiger partial charge is 0.382 e. The maximum absolute atomic E-state index is 5.56. The first-order chi connectivity index (χ1) is 9.33. The van der Waals surface area contributed by atoms with Crippen LogP contribution in [0.15, 0.2) is 12.4 Å². The molecule has 19 heavy (non-hydrogen) atoms. The van der Waals surface area contributed by atoms with Crippen molar-refractivity contribution in [3.05, 3.63) is 18.2 Å². The molecule has 6 nitrogen and oxygen atoms in total. The number of imidazole rings is 1. The summed E-state index contributed by atoms with van der Waals surface area (Å²) in [6, 6.07) is 0.333. The summed E-state index contributed by atoms with van der Waals surface area (Å²) in [5.41, 5.74) is 0. The maximum atomic E-state index is 5.56. The zero-order valence-electron chi connectivity index (χ0n) is 11.8. The lowest BCUT2D eigenvalue weighted by Crippen LogP contribution is -2.47. The highest BCUT2D eigenvalue weighted by atomic mass is 16.5. The molecule has 0 aliphatic carbocycles. The van der Waals surface area contributed by atoms with Gasteiger partial charge in [-0.1, -0.05) is 0 Å². The summed E-state index contributed by atoms with van der Waals surface area (Å²) in [5.74, 6) is 1.11. The van der Waals surface area contributed by atoms with Gasteiger partial charge in [-0.25, -0.2) is 4.98 Å². The molecule has 1 N–H and O–H groups in total. The number of hydrogen-bond acceptors (Lipinski definition) is 5. The van der Waals surface area contributed by atoms with E-state index in [9.17, 15) is 0 Å². The van der Waals surface area contributed by atoms with Gasteiger partial charge >= 0.3 is 0 Å². The van der Waals surface area contributed by atoms with Gasteiger partial charge in [0.2, 0.25) is 0 Å². The number of methoxy groups -OCH3 is 1. The zero-order chi connectivity index (χ0) is 13.5. The molecule has 1 atom stereocenters. The molecule has 1 unspecified atom stereocenters. The molecule has 0 amide bonds. The molecule has 0 aromatic carbocycles. The SMILES string of the molecule is COCCOCCN1CCNCC1c1nccn1C. The van der Waals surface area contributed by atoms with Crippen molar-refractivity contribution < 1.29 is 9.47 Å². The van der Waals surface area contributed by atoms with E-state index >= 15 is 0 Å². The van der Waals surface area contributed by atoms with Gasteiger partial charge in [-0.2, -0.15) is 0 Å². The van der Waals surface area contributed by atoms with Crippen molar-refractivity contribution in [2.75, 3.05) is 53.1 Å². The lowest BCUT2D eigenvalue weighted by Gasteiger charge is -2.35. The first kappa shape index (κ1) is 14.5. The van der Waals surface area contributed by atoms with Crippen molar-refractivity contribution in [3.8, 4) is 0 Å². The molecule has 0 spiro atoms. The normalized spacial score (nSPS) is 20.8. The Labute approximate surface area is 114 Å². The summed E-state index contributed by atoms with van der Waals surface area (Å²) in [7, 11) is 3.74. The summed E-state index contributed by atoms with van der Waals surface area (Å²) in [4.78, 5) is 6.90. The van der Waals surface area contributed by atoms with Crippen LogP contribution in [-0.2, 0) is 16.5 Å². The van der Waals surface area contributed by atoms with E-state index in [4.69, 9.17) is 9.47 Å². The number of hydrogen-bond donors (Lipinski definition) is 1. The van der Waals surface area contributed by atoms with Gasteiger partial charge in [-0.3, -0.25) is 4.90 Å². The summed E-state index contributed by atoms with van der Waals surface area (Å²) >= 11 is 0. The average molecular weight is 268 g/mol. The van der Waals surface area contributed by atoms with Gasteiger partial charge in [0.15, 0.2) is 0 Å². The highest BCUT2D eigenvalue weighted by Crippen LogP contribution is 2.19. The van der Waals surface area contributed by atoms with Gasteiger partial charge in [-0.05, 0) is 0 Å². The molecule has 2 rings (SSSR count). The van der Waals surface area contributed by atoms with E-state index in [1.54, 1.807) is 7.11 Å². The molecular formula is C13H24N4O2. The molecule has 0 bridgehead atoms. The Balaban J connectivity index is 1.84. The summed E-state index contributed by atoms with van der Waals surface area (Å²) in [6.07, 6.45) is 3.86. The number of rotatable bonds is 7. The average Bonchev–Trinajstić information content (AvgIpc) is 2.85. The van der Waals surface area contributed by atoms with Crippen LogP contribution in [0.25, 0.3) is 0 Å². The zero-order valence-corrected chi connectivity index (χ0v) is 11.8. The quantitative estimate of drug-likeness (QED) is 0.707. The van der Waals surface area contributed by atoms with Crippen LogP contribution in [0.2, 0.25) is 0 Å². The molecule has 1 aromatic rings. The molecule has 108 valence electrons. The number of aryl methyl sites for hydroxylation is 1. The first-order valence-corrected chi connectivity index (χ1v) is 6.81. The minimum atomic E-state index is 0.333. The van der Waals surface area contributed by atoms with Crippen LogP contribution in [0, 0.1) is 0 Å². The Bertz CT molecular complexity index is 369. The van der Waals surface area contributed by atoms with Crippen molar-refractivity contribution >= 4 is 0 Å².